The molecule has 0 aliphatic heterocycles. The van der Waals surface area contributed by atoms with Crippen LogP contribution in [0.5, 0.6) is 0 Å². The van der Waals surface area contributed by atoms with Crippen molar-refractivity contribution >= 4 is 22.5 Å². The number of anilines is 2. The van der Waals surface area contributed by atoms with Gasteiger partial charge in [-0.15, -0.1) is 0 Å². The summed E-state index contributed by atoms with van der Waals surface area (Å²) in [6.07, 6.45) is 3.01. The minimum Gasteiger partial charge on any atom is -0.382 e. The van der Waals surface area contributed by atoms with Crippen molar-refractivity contribution in [2.75, 3.05) is 11.1 Å². The lowest BCUT2D eigenvalue weighted by Gasteiger charge is -2.21. The summed E-state index contributed by atoms with van der Waals surface area (Å²) in [5.41, 5.74) is 6.50. The summed E-state index contributed by atoms with van der Waals surface area (Å²) in [5, 5.41) is 3.07. The predicted molar refractivity (Wildman–Crippen MR) is 139 cm³/mol. The van der Waals surface area contributed by atoms with Crippen LogP contribution in [0.2, 0.25) is 0 Å². The van der Waals surface area contributed by atoms with E-state index in [-0.39, 0.29) is 28.1 Å². The molecule has 0 amide bonds. The van der Waals surface area contributed by atoms with E-state index in [1.807, 2.05) is 0 Å². The van der Waals surface area contributed by atoms with Gasteiger partial charge in [0.15, 0.2) is 0 Å². The molecule has 3 heterocycles. The summed E-state index contributed by atoms with van der Waals surface area (Å²) in [5.74, 6) is 6.53. The minimum atomic E-state index is -2.83. The molecule has 1 unspecified atom stereocenters. The van der Waals surface area contributed by atoms with Gasteiger partial charge in [-0.1, -0.05) is 36.3 Å². The maximum absolute atomic E-state index is 13.8. The smallest absolute Gasteiger partial charge is 0.266 e. The van der Waals surface area contributed by atoms with Crippen LogP contribution < -0.4 is 16.6 Å². The van der Waals surface area contributed by atoms with Gasteiger partial charge in [0.2, 0.25) is 0 Å². The highest BCUT2D eigenvalue weighted by Gasteiger charge is 2.23. The highest BCUT2D eigenvalue weighted by Crippen LogP contribution is 2.28. The number of hydrogen-bond acceptors (Lipinski definition) is 8. The van der Waals surface area contributed by atoms with Crippen LogP contribution in [0.4, 0.5) is 20.4 Å². The van der Waals surface area contributed by atoms with Crippen molar-refractivity contribution in [1.82, 2.24) is 29.5 Å². The lowest BCUT2D eigenvalue weighted by molar-refractivity contribution is 0.153. The van der Waals surface area contributed by atoms with Crippen LogP contribution in [-0.2, 0) is 0 Å². The van der Waals surface area contributed by atoms with E-state index in [0.717, 1.165) is 0 Å². The van der Waals surface area contributed by atoms with Gasteiger partial charge in [-0.3, -0.25) is 14.3 Å². The van der Waals surface area contributed by atoms with E-state index in [0.29, 0.717) is 22.8 Å². The second-order valence-corrected chi connectivity index (χ2v) is 8.18. The standard InChI is InChI=1S/C27H20F2N8O/c1-16(35-25-20(24(30)33-15-34-25)11-10-17-14-31-12-13-32-17)26-36-21-9-5-8-19(23(28)29)22(21)27(38)37(26)18-6-3-2-4-7-18/h2-9,12-16,23H,1H3,(H3,30,33,34,35). The van der Waals surface area contributed by atoms with Crippen LogP contribution in [0.3, 0.4) is 0 Å². The van der Waals surface area contributed by atoms with Crippen molar-refractivity contribution in [3.05, 3.63) is 106 Å². The summed E-state index contributed by atoms with van der Waals surface area (Å²) in [6.45, 7) is 1.77. The normalized spacial score (nSPS) is 11.7. The summed E-state index contributed by atoms with van der Waals surface area (Å²) in [4.78, 5) is 34.8. The van der Waals surface area contributed by atoms with Gasteiger partial charge in [0.05, 0.1) is 28.8 Å². The maximum atomic E-state index is 13.8. The summed E-state index contributed by atoms with van der Waals surface area (Å²) < 4.78 is 28.9. The van der Waals surface area contributed by atoms with Crippen LogP contribution in [0.15, 0.2) is 78.2 Å². The Morgan fingerprint density at radius 2 is 1.82 bits per heavy atom. The Morgan fingerprint density at radius 3 is 2.55 bits per heavy atom. The number of fused-ring (bicyclic) bond motifs is 1. The number of nitrogens with two attached hydrogens (primary N) is 1. The summed E-state index contributed by atoms with van der Waals surface area (Å²) in [7, 11) is 0. The number of nitrogens with zero attached hydrogens (tertiary/aromatic N) is 6. The van der Waals surface area contributed by atoms with Crippen LogP contribution in [-0.4, -0.2) is 29.5 Å². The van der Waals surface area contributed by atoms with Gasteiger partial charge in [0.1, 0.15) is 35.0 Å². The first-order valence-electron chi connectivity index (χ1n) is 11.5. The third kappa shape index (κ3) is 4.75. The third-order valence-corrected chi connectivity index (χ3v) is 5.70. The third-order valence-electron chi connectivity index (χ3n) is 5.70. The van der Waals surface area contributed by atoms with E-state index in [9.17, 15) is 13.6 Å². The Balaban J connectivity index is 1.64. The van der Waals surface area contributed by atoms with Crippen molar-refractivity contribution in [1.29, 1.82) is 0 Å². The molecule has 11 heteroatoms. The Bertz CT molecular complexity index is 1730. The average molecular weight is 511 g/mol. The molecule has 0 spiro atoms. The predicted octanol–water partition coefficient (Wildman–Crippen LogP) is 4.06. The van der Waals surface area contributed by atoms with Crippen LogP contribution in [0.1, 0.15) is 42.0 Å². The average Bonchev–Trinajstić information content (AvgIpc) is 2.93. The van der Waals surface area contributed by atoms with Crippen molar-refractivity contribution < 1.29 is 8.78 Å². The number of para-hydroxylation sites is 1. The van der Waals surface area contributed by atoms with Gasteiger partial charge in [0, 0.05) is 18.0 Å². The van der Waals surface area contributed by atoms with Crippen molar-refractivity contribution in [3.8, 4) is 17.5 Å². The lowest BCUT2D eigenvalue weighted by atomic mass is 10.1. The van der Waals surface area contributed by atoms with Crippen LogP contribution in [0.25, 0.3) is 16.6 Å². The first kappa shape index (κ1) is 24.5. The van der Waals surface area contributed by atoms with Crippen LogP contribution >= 0.6 is 0 Å². The monoisotopic (exact) mass is 510 g/mol. The molecule has 0 radical (unpaired) electrons. The highest BCUT2D eigenvalue weighted by atomic mass is 19.3. The fraction of sp³-hybridized carbons (Fsp3) is 0.111. The molecule has 188 valence electrons. The topological polar surface area (TPSA) is 124 Å². The zero-order valence-corrected chi connectivity index (χ0v) is 20.0. The Hall–Kier alpha value is -5.24. The van der Waals surface area contributed by atoms with Gasteiger partial charge in [-0.25, -0.2) is 28.7 Å². The van der Waals surface area contributed by atoms with Gasteiger partial charge in [-0.05, 0) is 31.0 Å². The number of nitrogen functional groups attached to an aromatic ring is 1. The van der Waals surface area contributed by atoms with E-state index < -0.39 is 18.0 Å². The molecular formula is C27H20F2N8O. The molecule has 0 fully saturated rings. The molecule has 9 nitrogen and oxygen atoms in total. The second kappa shape index (κ2) is 10.4. The molecule has 1 atom stereocenters. The van der Waals surface area contributed by atoms with E-state index in [4.69, 9.17) is 5.73 Å². The largest absolute Gasteiger partial charge is 0.382 e. The molecular weight excluding hydrogens is 490 g/mol. The lowest BCUT2D eigenvalue weighted by Crippen LogP contribution is -2.28. The quantitative estimate of drug-likeness (QED) is 0.339. The zero-order valence-electron chi connectivity index (χ0n) is 20.0. The van der Waals surface area contributed by atoms with E-state index in [1.165, 1.54) is 47.7 Å². The second-order valence-electron chi connectivity index (χ2n) is 8.18. The number of aromatic nitrogens is 6. The molecule has 0 aliphatic rings. The number of rotatable bonds is 5. The first-order chi connectivity index (χ1) is 18.4. The van der Waals surface area contributed by atoms with E-state index in [2.05, 4.69) is 42.1 Å². The molecule has 0 aliphatic carbocycles. The van der Waals surface area contributed by atoms with Gasteiger partial charge < -0.3 is 11.1 Å². The van der Waals surface area contributed by atoms with E-state index >= 15 is 0 Å². The zero-order chi connectivity index (χ0) is 26.6. The van der Waals surface area contributed by atoms with E-state index in [1.54, 1.807) is 37.3 Å². The molecule has 3 N–H and O–H groups in total. The summed E-state index contributed by atoms with van der Waals surface area (Å²) >= 11 is 0. The Morgan fingerprint density at radius 1 is 1.00 bits per heavy atom. The van der Waals surface area contributed by atoms with Crippen LogP contribution in [0, 0.1) is 11.8 Å². The molecule has 5 rings (SSSR count). The molecule has 0 saturated carbocycles. The van der Waals surface area contributed by atoms with Gasteiger partial charge >= 0.3 is 0 Å². The summed E-state index contributed by atoms with van der Waals surface area (Å²) in [6, 6.07) is 12.3. The SMILES string of the molecule is CC(Nc1ncnc(N)c1C#Cc1cnccn1)c1nc2cccc(C(F)F)c2c(=O)n1-c1ccccc1. The van der Waals surface area contributed by atoms with Gasteiger partial charge in [0.25, 0.3) is 12.0 Å². The number of hydrogen-bond donors (Lipinski definition) is 2. The number of benzene rings is 2. The first-order valence-corrected chi connectivity index (χ1v) is 11.5. The maximum Gasteiger partial charge on any atom is 0.266 e. The number of nitrogens with one attached hydrogen (secondary N) is 1. The van der Waals surface area contributed by atoms with Crippen molar-refractivity contribution in [2.24, 2.45) is 0 Å². The molecule has 0 saturated heterocycles. The van der Waals surface area contributed by atoms with Crippen molar-refractivity contribution in [2.45, 2.75) is 19.4 Å². The fourth-order valence-electron chi connectivity index (χ4n) is 3.96. The molecule has 2 aromatic carbocycles. The minimum absolute atomic E-state index is 0.135. The Kier molecular flexibility index (Phi) is 6.69. The highest BCUT2D eigenvalue weighted by molar-refractivity contribution is 5.82. The molecule has 5 aromatic rings. The molecule has 0 bridgehead atoms. The molecule has 38 heavy (non-hydrogen) atoms. The van der Waals surface area contributed by atoms with Gasteiger partial charge in [-0.2, -0.15) is 0 Å². The number of halogens is 2. The number of alkyl halides is 2. The Labute approximate surface area is 215 Å². The van der Waals surface area contributed by atoms with Crippen molar-refractivity contribution in [3.63, 3.8) is 0 Å². The molecule has 3 aromatic heterocycles. The fourth-order valence-corrected chi connectivity index (χ4v) is 3.96.